The molecule has 136 valence electrons. The van der Waals surface area contributed by atoms with Gasteiger partial charge in [-0.15, -0.1) is 0 Å². The molecule has 0 atom stereocenters. The Hall–Kier alpha value is -3.28. The Balaban J connectivity index is 1.81. The molecule has 1 N–H and O–H groups in total. The number of hydrogen-bond acceptors (Lipinski definition) is 3. The number of amides is 1. The number of nitrogens with zero attached hydrogens (tertiary/aromatic N) is 3. The minimum Gasteiger partial charge on any atom is -0.305 e. The highest BCUT2D eigenvalue weighted by atomic mass is 19.1. The Morgan fingerprint density at radius 1 is 1.15 bits per heavy atom. The van der Waals surface area contributed by atoms with Crippen LogP contribution in [0.25, 0.3) is 21.9 Å². The standard InChI is InChI=1S/C21H19FN4O/c1-3-10-26-20-17(12-15-11-13(2)4-9-18(15)23-20)19(25-26)24-21(27)14-5-7-16(22)8-6-14/h4-9,11-12H,3,10H2,1-2H3,(H,24,25,27). The number of anilines is 1. The number of rotatable bonds is 4. The van der Waals surface area contributed by atoms with Crippen molar-refractivity contribution >= 4 is 33.7 Å². The highest BCUT2D eigenvalue weighted by Gasteiger charge is 2.16. The van der Waals surface area contributed by atoms with E-state index in [-0.39, 0.29) is 11.7 Å². The van der Waals surface area contributed by atoms with Crippen molar-refractivity contribution in [2.24, 2.45) is 0 Å². The fourth-order valence-electron chi connectivity index (χ4n) is 3.12. The lowest BCUT2D eigenvalue weighted by Crippen LogP contribution is -2.13. The molecule has 0 bridgehead atoms. The zero-order valence-electron chi connectivity index (χ0n) is 15.2. The van der Waals surface area contributed by atoms with Crippen LogP contribution in [0.1, 0.15) is 29.3 Å². The van der Waals surface area contributed by atoms with Crippen LogP contribution < -0.4 is 5.32 Å². The molecule has 0 aliphatic rings. The van der Waals surface area contributed by atoms with E-state index in [2.05, 4.69) is 23.4 Å². The lowest BCUT2D eigenvalue weighted by Gasteiger charge is -2.03. The van der Waals surface area contributed by atoms with Crippen LogP contribution >= 0.6 is 0 Å². The van der Waals surface area contributed by atoms with Gasteiger partial charge in [-0.25, -0.2) is 14.1 Å². The summed E-state index contributed by atoms with van der Waals surface area (Å²) in [5.74, 6) is -0.249. The second-order valence-corrected chi connectivity index (χ2v) is 6.59. The molecule has 5 nitrogen and oxygen atoms in total. The van der Waals surface area contributed by atoms with Gasteiger partial charge in [0.05, 0.1) is 10.9 Å². The lowest BCUT2D eigenvalue weighted by atomic mass is 10.1. The predicted molar refractivity (Wildman–Crippen MR) is 104 cm³/mol. The topological polar surface area (TPSA) is 59.8 Å². The van der Waals surface area contributed by atoms with Gasteiger partial charge in [-0.1, -0.05) is 18.6 Å². The second-order valence-electron chi connectivity index (χ2n) is 6.59. The first kappa shape index (κ1) is 17.1. The summed E-state index contributed by atoms with van der Waals surface area (Å²) in [6.07, 6.45) is 0.899. The highest BCUT2D eigenvalue weighted by Crippen LogP contribution is 2.27. The first-order chi connectivity index (χ1) is 13.0. The van der Waals surface area contributed by atoms with Crippen molar-refractivity contribution in [2.45, 2.75) is 26.8 Å². The van der Waals surface area contributed by atoms with Crippen LogP contribution in [0.5, 0.6) is 0 Å². The molecule has 0 aliphatic carbocycles. The summed E-state index contributed by atoms with van der Waals surface area (Å²) in [5, 5.41) is 9.19. The molecule has 6 heteroatoms. The van der Waals surface area contributed by atoms with Crippen LogP contribution in [0, 0.1) is 12.7 Å². The first-order valence-corrected chi connectivity index (χ1v) is 8.90. The Kier molecular flexibility index (Phi) is 4.32. The van der Waals surface area contributed by atoms with Crippen LogP contribution in [0.2, 0.25) is 0 Å². The molecule has 0 spiro atoms. The zero-order chi connectivity index (χ0) is 19.0. The molecule has 0 fully saturated rings. The van der Waals surface area contributed by atoms with Crippen molar-refractivity contribution in [3.8, 4) is 0 Å². The van der Waals surface area contributed by atoms with Crippen molar-refractivity contribution in [3.63, 3.8) is 0 Å². The Morgan fingerprint density at radius 3 is 2.67 bits per heavy atom. The molecule has 0 radical (unpaired) electrons. The van der Waals surface area contributed by atoms with Gasteiger partial charge in [0, 0.05) is 17.5 Å². The number of nitrogens with one attached hydrogen (secondary N) is 1. The van der Waals surface area contributed by atoms with Crippen LogP contribution in [0.15, 0.2) is 48.5 Å². The van der Waals surface area contributed by atoms with E-state index in [0.29, 0.717) is 17.9 Å². The Morgan fingerprint density at radius 2 is 1.93 bits per heavy atom. The highest BCUT2D eigenvalue weighted by molar-refractivity contribution is 6.08. The van der Waals surface area contributed by atoms with E-state index < -0.39 is 0 Å². The Bertz CT molecular complexity index is 1150. The summed E-state index contributed by atoms with van der Waals surface area (Å²) in [6.45, 7) is 4.79. The first-order valence-electron chi connectivity index (χ1n) is 8.90. The van der Waals surface area contributed by atoms with E-state index in [1.807, 2.05) is 29.8 Å². The number of pyridine rings is 1. The maximum atomic E-state index is 13.1. The summed E-state index contributed by atoms with van der Waals surface area (Å²) >= 11 is 0. The van der Waals surface area contributed by atoms with Gasteiger partial charge in [0.15, 0.2) is 11.5 Å². The number of benzene rings is 2. The van der Waals surface area contributed by atoms with Gasteiger partial charge in [-0.05, 0) is 55.8 Å². The summed E-state index contributed by atoms with van der Waals surface area (Å²) in [5.41, 5.74) is 3.14. The number of carbonyl (C=O) groups is 1. The number of aromatic nitrogens is 3. The second kappa shape index (κ2) is 6.79. The predicted octanol–water partition coefficient (Wildman–Crippen LogP) is 4.69. The lowest BCUT2D eigenvalue weighted by molar-refractivity contribution is 0.102. The summed E-state index contributed by atoms with van der Waals surface area (Å²) in [7, 11) is 0. The molecule has 2 heterocycles. The van der Waals surface area contributed by atoms with Crippen LogP contribution in [-0.4, -0.2) is 20.7 Å². The monoisotopic (exact) mass is 362 g/mol. The van der Waals surface area contributed by atoms with Crippen molar-refractivity contribution in [2.75, 3.05) is 5.32 Å². The normalized spacial score (nSPS) is 11.2. The molecular formula is C21H19FN4O. The summed E-state index contributed by atoms with van der Waals surface area (Å²) < 4.78 is 14.9. The summed E-state index contributed by atoms with van der Waals surface area (Å²) in [6, 6.07) is 13.5. The van der Waals surface area contributed by atoms with Crippen molar-refractivity contribution < 1.29 is 9.18 Å². The SMILES string of the molecule is CCCn1nc(NC(=O)c2ccc(F)cc2)c2cc3cc(C)ccc3nc21. The van der Waals surface area contributed by atoms with E-state index >= 15 is 0 Å². The number of fused-ring (bicyclic) bond motifs is 2. The van der Waals surface area contributed by atoms with Gasteiger partial charge in [0.25, 0.3) is 5.91 Å². The number of hydrogen-bond donors (Lipinski definition) is 1. The maximum Gasteiger partial charge on any atom is 0.256 e. The quantitative estimate of drug-likeness (QED) is 0.573. The van der Waals surface area contributed by atoms with Gasteiger partial charge in [-0.3, -0.25) is 4.79 Å². The van der Waals surface area contributed by atoms with Gasteiger partial charge in [-0.2, -0.15) is 5.10 Å². The van der Waals surface area contributed by atoms with Crippen molar-refractivity contribution in [1.82, 2.24) is 14.8 Å². The minimum absolute atomic E-state index is 0.331. The number of carbonyl (C=O) groups excluding carboxylic acids is 1. The Labute approximate surface area is 155 Å². The fraction of sp³-hybridized carbons (Fsp3) is 0.190. The number of aryl methyl sites for hydroxylation is 2. The van der Waals surface area contributed by atoms with E-state index in [4.69, 9.17) is 4.98 Å². The zero-order valence-corrected chi connectivity index (χ0v) is 15.2. The minimum atomic E-state index is -0.379. The van der Waals surface area contributed by atoms with E-state index in [1.54, 1.807) is 0 Å². The van der Waals surface area contributed by atoms with Crippen LogP contribution in [0.3, 0.4) is 0 Å². The third kappa shape index (κ3) is 3.26. The number of halogens is 1. The van der Waals surface area contributed by atoms with Crippen molar-refractivity contribution in [1.29, 1.82) is 0 Å². The molecule has 0 saturated carbocycles. The van der Waals surface area contributed by atoms with Crippen molar-refractivity contribution in [3.05, 3.63) is 65.5 Å². The van der Waals surface area contributed by atoms with Gasteiger partial charge >= 0.3 is 0 Å². The molecule has 4 aromatic rings. The third-order valence-electron chi connectivity index (χ3n) is 4.44. The van der Waals surface area contributed by atoms with E-state index in [9.17, 15) is 9.18 Å². The average Bonchev–Trinajstić information content (AvgIpc) is 2.97. The van der Waals surface area contributed by atoms with Crippen LogP contribution in [-0.2, 0) is 6.54 Å². The fourth-order valence-corrected chi connectivity index (χ4v) is 3.12. The largest absolute Gasteiger partial charge is 0.305 e. The van der Waals surface area contributed by atoms with Crippen LogP contribution in [0.4, 0.5) is 10.2 Å². The molecule has 2 aromatic carbocycles. The average molecular weight is 362 g/mol. The van der Waals surface area contributed by atoms with Gasteiger partial charge in [0.1, 0.15) is 5.82 Å². The molecule has 0 aliphatic heterocycles. The molecule has 2 aromatic heterocycles. The molecule has 27 heavy (non-hydrogen) atoms. The molecule has 1 amide bonds. The molecule has 4 rings (SSSR count). The van der Waals surface area contributed by atoms with Gasteiger partial charge < -0.3 is 5.32 Å². The van der Waals surface area contributed by atoms with Gasteiger partial charge in [0.2, 0.25) is 0 Å². The maximum absolute atomic E-state index is 13.1. The molecular weight excluding hydrogens is 343 g/mol. The summed E-state index contributed by atoms with van der Waals surface area (Å²) in [4.78, 5) is 17.3. The third-order valence-corrected chi connectivity index (χ3v) is 4.44. The van der Waals surface area contributed by atoms with E-state index in [0.717, 1.165) is 33.9 Å². The molecule has 0 unspecified atom stereocenters. The van der Waals surface area contributed by atoms with E-state index in [1.165, 1.54) is 24.3 Å². The smallest absolute Gasteiger partial charge is 0.256 e. The molecule has 0 saturated heterocycles.